The Labute approximate surface area is 341 Å². The fourth-order valence-corrected chi connectivity index (χ4v) is 8.71. The van der Waals surface area contributed by atoms with E-state index in [4.69, 9.17) is 14.5 Å². The number of amidine groups is 1. The number of nitrogens with one attached hydrogen (secondary N) is 1. The van der Waals surface area contributed by atoms with E-state index in [9.17, 15) is 22.8 Å². The first kappa shape index (κ1) is 47.4. The van der Waals surface area contributed by atoms with Crippen LogP contribution >= 0.6 is 0 Å². The molecule has 3 rings (SSSR count). The second-order valence-electron chi connectivity index (χ2n) is 15.6. The van der Waals surface area contributed by atoms with Crippen molar-refractivity contribution in [1.82, 2.24) is 19.0 Å². The molecule has 5 amide bonds. The first-order valence-corrected chi connectivity index (χ1v) is 22.3. The van der Waals surface area contributed by atoms with Crippen molar-refractivity contribution < 1.29 is 37.1 Å². The van der Waals surface area contributed by atoms with E-state index >= 15 is 4.79 Å². The molecule has 1 aromatic rings. The van der Waals surface area contributed by atoms with Crippen LogP contribution in [0.15, 0.2) is 33.8 Å². The number of rotatable bonds is 24. The number of nitrogens with zero attached hydrogens (tertiary/aromatic N) is 5. The third-order valence-corrected chi connectivity index (χ3v) is 12.4. The predicted octanol–water partition coefficient (Wildman–Crippen LogP) is 7.90. The number of amides is 5. The Morgan fingerprint density at radius 1 is 0.895 bits per heavy atom. The highest BCUT2D eigenvalue weighted by Crippen LogP contribution is 2.35. The SMILES string of the molecule is CCCCCCCCC(CCCCCC)N1C(C(C(=O)Nc2cc(C(=O)N(C)C)ccc2OC(C)C)N2C(=O)C(OCCCC)N(C)C2=O)=NC(C)=C(C)S1(=O)=O. The second kappa shape index (κ2) is 22.2. The summed E-state index contributed by atoms with van der Waals surface area (Å²) in [5, 5.41) is 2.83. The van der Waals surface area contributed by atoms with Gasteiger partial charge in [-0.15, -0.1) is 0 Å². The van der Waals surface area contributed by atoms with Gasteiger partial charge in [0.15, 0.2) is 11.9 Å². The molecule has 0 spiro atoms. The molecule has 2 aliphatic rings. The number of carbonyl (C=O) groups excluding carboxylic acids is 4. The fourth-order valence-electron chi connectivity index (χ4n) is 7.00. The molecule has 2 heterocycles. The standard InChI is InChI=1S/C42H68N6O8S/c1-11-14-17-19-20-22-24-33(23-21-18-15-12-2)48-37(43-30(6)31(7)57(48,53)54)36(47-40(51)41(46(10)42(47)52)55-27-16-13-3)38(49)44-34-28-32(39(50)45(8)9)25-26-35(34)56-29(4)5/h25-26,28-29,33,36,41H,11-24,27H2,1-10H3,(H,44,49). The summed E-state index contributed by atoms with van der Waals surface area (Å²) in [6.45, 7) is 13.1. The Bertz CT molecular complexity index is 1730. The lowest BCUT2D eigenvalue weighted by Gasteiger charge is -2.40. The molecule has 0 bridgehead atoms. The lowest BCUT2D eigenvalue weighted by Crippen LogP contribution is -2.60. The largest absolute Gasteiger partial charge is 0.489 e. The maximum Gasteiger partial charge on any atom is 0.330 e. The van der Waals surface area contributed by atoms with Gasteiger partial charge >= 0.3 is 6.03 Å². The number of hydrogen-bond donors (Lipinski definition) is 1. The first-order valence-electron chi connectivity index (χ1n) is 20.9. The number of sulfonamides is 1. The number of ether oxygens (including phenoxy) is 2. The number of aliphatic imine (C=N–C) groups is 1. The molecule has 3 atom stereocenters. The molecule has 1 N–H and O–H groups in total. The lowest BCUT2D eigenvalue weighted by atomic mass is 9.99. The summed E-state index contributed by atoms with van der Waals surface area (Å²) >= 11 is 0. The van der Waals surface area contributed by atoms with Gasteiger partial charge in [0.05, 0.1) is 22.4 Å². The van der Waals surface area contributed by atoms with Crippen LogP contribution in [0.1, 0.15) is 149 Å². The van der Waals surface area contributed by atoms with Crippen molar-refractivity contribution in [3.05, 3.63) is 34.4 Å². The molecule has 0 aliphatic carbocycles. The van der Waals surface area contributed by atoms with Crippen molar-refractivity contribution in [2.45, 2.75) is 163 Å². The number of unbranched alkanes of at least 4 members (excludes halogenated alkanes) is 9. The van der Waals surface area contributed by atoms with E-state index in [2.05, 4.69) is 19.2 Å². The zero-order valence-electron chi connectivity index (χ0n) is 36.1. The van der Waals surface area contributed by atoms with Gasteiger partial charge in [0.1, 0.15) is 5.75 Å². The van der Waals surface area contributed by atoms with E-state index in [1.807, 2.05) is 20.8 Å². The van der Waals surface area contributed by atoms with Crippen LogP contribution in [-0.4, -0.2) is 109 Å². The van der Waals surface area contributed by atoms with E-state index in [1.54, 1.807) is 33.2 Å². The van der Waals surface area contributed by atoms with Crippen LogP contribution in [0, 0.1) is 0 Å². The number of likely N-dealkylation sites (N-methyl/N-ethyl adjacent to an activating group) is 1. The van der Waals surface area contributed by atoms with Gasteiger partial charge < -0.3 is 19.7 Å². The molecular formula is C42H68N6O8S. The van der Waals surface area contributed by atoms with Crippen LogP contribution in [0.2, 0.25) is 0 Å². The van der Waals surface area contributed by atoms with Gasteiger partial charge in [-0.2, -0.15) is 0 Å². The summed E-state index contributed by atoms with van der Waals surface area (Å²) in [6, 6.07) is 1.34. The summed E-state index contributed by atoms with van der Waals surface area (Å²) in [4.78, 5) is 64.8. The monoisotopic (exact) mass is 816 g/mol. The van der Waals surface area contributed by atoms with Crippen LogP contribution in [0.3, 0.4) is 0 Å². The van der Waals surface area contributed by atoms with Crippen molar-refractivity contribution in [2.75, 3.05) is 33.1 Å². The highest BCUT2D eigenvalue weighted by molar-refractivity contribution is 7.93. The number of carbonyl (C=O) groups is 4. The molecule has 15 heteroatoms. The summed E-state index contributed by atoms with van der Waals surface area (Å²) in [5.74, 6) is -2.05. The molecule has 3 unspecified atom stereocenters. The summed E-state index contributed by atoms with van der Waals surface area (Å²) in [5.41, 5.74) is 0.501. The molecule has 0 saturated carbocycles. The third-order valence-electron chi connectivity index (χ3n) is 10.4. The van der Waals surface area contributed by atoms with Gasteiger partial charge in [-0.1, -0.05) is 91.4 Å². The number of hydrogen-bond acceptors (Lipinski definition) is 9. The second-order valence-corrected chi connectivity index (χ2v) is 17.6. The molecule has 0 radical (unpaired) electrons. The third kappa shape index (κ3) is 12.0. The van der Waals surface area contributed by atoms with E-state index in [0.29, 0.717) is 19.3 Å². The molecular weight excluding hydrogens is 749 g/mol. The number of anilines is 1. The summed E-state index contributed by atoms with van der Waals surface area (Å²) in [7, 11) is 0.351. The van der Waals surface area contributed by atoms with Crippen LogP contribution in [-0.2, 0) is 24.3 Å². The minimum Gasteiger partial charge on any atom is -0.489 e. The van der Waals surface area contributed by atoms with E-state index in [1.165, 1.54) is 29.2 Å². The van der Waals surface area contributed by atoms with Crippen LogP contribution in [0.5, 0.6) is 5.75 Å². The highest BCUT2D eigenvalue weighted by Gasteiger charge is 2.54. The van der Waals surface area contributed by atoms with Gasteiger partial charge in [-0.05, 0) is 65.2 Å². The van der Waals surface area contributed by atoms with Crippen molar-refractivity contribution >= 4 is 45.3 Å². The maximum atomic E-state index is 15.1. The Kier molecular flexibility index (Phi) is 18.5. The number of urea groups is 1. The lowest BCUT2D eigenvalue weighted by molar-refractivity contribution is -0.143. The number of imide groups is 1. The van der Waals surface area contributed by atoms with Gasteiger partial charge in [-0.25, -0.2) is 27.4 Å². The molecule has 57 heavy (non-hydrogen) atoms. The Morgan fingerprint density at radius 2 is 1.47 bits per heavy atom. The van der Waals surface area contributed by atoms with Crippen LogP contribution in [0.4, 0.5) is 10.5 Å². The number of benzene rings is 1. The predicted molar refractivity (Wildman–Crippen MR) is 224 cm³/mol. The van der Waals surface area contributed by atoms with Gasteiger partial charge in [-0.3, -0.25) is 19.3 Å². The molecule has 1 aromatic carbocycles. The summed E-state index contributed by atoms with van der Waals surface area (Å²) < 4.78 is 42.6. The average molecular weight is 817 g/mol. The minimum atomic E-state index is -4.27. The van der Waals surface area contributed by atoms with E-state index in [-0.39, 0.29) is 52.1 Å². The molecule has 1 saturated heterocycles. The number of allylic oxidation sites excluding steroid dienone is 2. The van der Waals surface area contributed by atoms with Crippen molar-refractivity contribution in [2.24, 2.45) is 4.99 Å². The molecule has 1 fully saturated rings. The Hall–Kier alpha value is -3.98. The van der Waals surface area contributed by atoms with Crippen molar-refractivity contribution in [1.29, 1.82) is 0 Å². The molecule has 320 valence electrons. The summed E-state index contributed by atoms with van der Waals surface area (Å²) in [6.07, 6.45) is 10.4. The fraction of sp³-hybridized carbons (Fsp3) is 0.690. The highest BCUT2D eigenvalue weighted by atomic mass is 32.2. The van der Waals surface area contributed by atoms with Crippen molar-refractivity contribution in [3.63, 3.8) is 0 Å². The minimum absolute atomic E-state index is 0.0337. The molecule has 0 aromatic heterocycles. The smallest absolute Gasteiger partial charge is 0.330 e. The van der Waals surface area contributed by atoms with Gasteiger partial charge in [0, 0.05) is 39.4 Å². The average Bonchev–Trinajstić information content (AvgIpc) is 3.36. The van der Waals surface area contributed by atoms with Crippen LogP contribution in [0.25, 0.3) is 0 Å². The zero-order chi connectivity index (χ0) is 42.4. The van der Waals surface area contributed by atoms with E-state index in [0.717, 1.165) is 80.4 Å². The topological polar surface area (TPSA) is 158 Å². The normalized spacial score (nSPS) is 18.0. The van der Waals surface area contributed by atoms with Crippen LogP contribution < -0.4 is 10.1 Å². The molecule has 14 nitrogen and oxygen atoms in total. The van der Waals surface area contributed by atoms with E-state index < -0.39 is 46.2 Å². The van der Waals surface area contributed by atoms with Gasteiger partial charge in [0.2, 0.25) is 6.23 Å². The quantitative estimate of drug-likeness (QED) is 0.0815. The van der Waals surface area contributed by atoms with Crippen molar-refractivity contribution in [3.8, 4) is 5.75 Å². The first-order chi connectivity index (χ1) is 27.0. The van der Waals surface area contributed by atoms with Gasteiger partial charge in [0.25, 0.3) is 27.7 Å². The molecule has 2 aliphatic heterocycles. The Balaban J connectivity index is 2.27. The zero-order valence-corrected chi connectivity index (χ0v) is 36.9. The Morgan fingerprint density at radius 3 is 2.05 bits per heavy atom. The maximum absolute atomic E-state index is 15.1.